The average molecular weight is 582 g/mol. The van der Waals surface area contributed by atoms with Crippen LogP contribution < -0.4 is 5.32 Å². The quantitative estimate of drug-likeness (QED) is 0.0662. The summed E-state index contributed by atoms with van der Waals surface area (Å²) in [5.41, 5.74) is 0. The van der Waals surface area contributed by atoms with Crippen LogP contribution in [0.15, 0.2) is 0 Å². The van der Waals surface area contributed by atoms with Crippen LogP contribution in [0, 0.1) is 0 Å². The van der Waals surface area contributed by atoms with Gasteiger partial charge in [-0.25, -0.2) is 0 Å². The number of hydrogen-bond donors (Lipinski definition) is 3. The highest BCUT2D eigenvalue weighted by molar-refractivity contribution is 5.76. The Bertz CT molecular complexity index is 512. The van der Waals surface area contributed by atoms with Crippen LogP contribution >= 0.6 is 0 Å². The van der Waals surface area contributed by atoms with E-state index in [4.69, 9.17) is 0 Å². The van der Waals surface area contributed by atoms with E-state index in [0.29, 0.717) is 12.8 Å². The molecule has 2 atom stereocenters. The molecule has 0 rings (SSSR count). The van der Waals surface area contributed by atoms with Gasteiger partial charge >= 0.3 is 0 Å². The molecule has 2 unspecified atom stereocenters. The minimum atomic E-state index is -0.649. The van der Waals surface area contributed by atoms with E-state index in [1.54, 1.807) is 0 Å². The molecule has 3 N–H and O–H groups in total. The third-order valence-corrected chi connectivity index (χ3v) is 8.87. The molecule has 0 aromatic heterocycles. The maximum absolute atomic E-state index is 12.2. The first-order valence-corrected chi connectivity index (χ1v) is 18.7. The van der Waals surface area contributed by atoms with Crippen LogP contribution in [0.2, 0.25) is 0 Å². The van der Waals surface area contributed by atoms with Crippen molar-refractivity contribution in [3.63, 3.8) is 0 Å². The maximum Gasteiger partial charge on any atom is 0.220 e. The first-order chi connectivity index (χ1) is 20.2. The molecule has 0 bridgehead atoms. The van der Waals surface area contributed by atoms with E-state index in [-0.39, 0.29) is 12.5 Å². The largest absolute Gasteiger partial charge is 0.394 e. The fourth-order valence-corrected chi connectivity index (χ4v) is 5.95. The van der Waals surface area contributed by atoms with E-state index in [1.807, 2.05) is 0 Å². The van der Waals surface area contributed by atoms with E-state index in [1.165, 1.54) is 161 Å². The van der Waals surface area contributed by atoms with Crippen molar-refractivity contribution in [1.82, 2.24) is 5.32 Å². The maximum atomic E-state index is 12.2. The standard InChI is InChI=1S/C37H75NO3/c1-3-5-7-9-11-12-13-14-15-16-17-18-19-20-21-22-23-24-25-26-27-29-31-33-37(41)38-35(34-39)36(40)32-30-28-10-8-6-4-2/h35-36,39-40H,3-34H2,1-2H3,(H,38,41). The number of nitrogens with one attached hydrogen (secondary N) is 1. The molecule has 0 saturated carbocycles. The van der Waals surface area contributed by atoms with Crippen LogP contribution in [0.25, 0.3) is 0 Å². The second-order valence-electron chi connectivity index (χ2n) is 13.0. The zero-order valence-electron chi connectivity index (χ0n) is 28.1. The molecular formula is C37H75NO3. The molecule has 41 heavy (non-hydrogen) atoms. The molecule has 246 valence electrons. The fourth-order valence-electron chi connectivity index (χ4n) is 5.95. The van der Waals surface area contributed by atoms with Crippen molar-refractivity contribution < 1.29 is 15.0 Å². The summed E-state index contributed by atoms with van der Waals surface area (Å²) in [6.07, 6.45) is 39.0. The zero-order chi connectivity index (χ0) is 30.1. The Kier molecular flexibility index (Phi) is 33.4. The van der Waals surface area contributed by atoms with Gasteiger partial charge in [-0.1, -0.05) is 194 Å². The van der Waals surface area contributed by atoms with Crippen molar-refractivity contribution in [1.29, 1.82) is 0 Å². The smallest absolute Gasteiger partial charge is 0.220 e. The van der Waals surface area contributed by atoms with Crippen LogP contribution in [0.4, 0.5) is 0 Å². The summed E-state index contributed by atoms with van der Waals surface area (Å²) in [5, 5.41) is 22.8. The van der Waals surface area contributed by atoms with Gasteiger partial charge in [-0.3, -0.25) is 4.79 Å². The Labute approximate surface area is 257 Å². The lowest BCUT2D eigenvalue weighted by Gasteiger charge is -2.22. The second kappa shape index (κ2) is 33.9. The molecule has 4 nitrogen and oxygen atoms in total. The number of carbonyl (C=O) groups is 1. The lowest BCUT2D eigenvalue weighted by atomic mass is 10.0. The van der Waals surface area contributed by atoms with Crippen molar-refractivity contribution in [2.45, 2.75) is 225 Å². The third-order valence-electron chi connectivity index (χ3n) is 8.87. The second-order valence-corrected chi connectivity index (χ2v) is 13.0. The van der Waals surface area contributed by atoms with Gasteiger partial charge in [-0.15, -0.1) is 0 Å². The van der Waals surface area contributed by atoms with Crippen LogP contribution in [-0.2, 0) is 4.79 Å². The topological polar surface area (TPSA) is 69.6 Å². The molecule has 0 saturated heterocycles. The predicted octanol–water partition coefficient (Wildman–Crippen LogP) is 11.0. The Hall–Kier alpha value is -0.610. The van der Waals surface area contributed by atoms with E-state index in [9.17, 15) is 15.0 Å². The zero-order valence-corrected chi connectivity index (χ0v) is 28.1. The summed E-state index contributed by atoms with van der Waals surface area (Å²) in [4.78, 5) is 12.2. The molecule has 0 heterocycles. The van der Waals surface area contributed by atoms with Crippen LogP contribution in [0.1, 0.15) is 213 Å². The Morgan fingerprint density at radius 2 is 0.780 bits per heavy atom. The summed E-state index contributed by atoms with van der Waals surface area (Å²) >= 11 is 0. The minimum Gasteiger partial charge on any atom is -0.394 e. The van der Waals surface area contributed by atoms with Crippen molar-refractivity contribution in [2.24, 2.45) is 0 Å². The SMILES string of the molecule is CCCCCCCCCCCCCCCCCCCCCCCCCC(=O)NC(CO)C(O)CCCCCCCC. The van der Waals surface area contributed by atoms with Gasteiger partial charge in [0, 0.05) is 6.42 Å². The summed E-state index contributed by atoms with van der Waals surface area (Å²) in [6.45, 7) is 4.31. The molecule has 0 aliphatic rings. The fraction of sp³-hybridized carbons (Fsp3) is 0.973. The molecular weight excluding hydrogens is 506 g/mol. The van der Waals surface area contributed by atoms with E-state index in [0.717, 1.165) is 25.7 Å². The number of amides is 1. The number of aliphatic hydroxyl groups is 2. The lowest BCUT2D eigenvalue weighted by Crippen LogP contribution is -2.45. The van der Waals surface area contributed by atoms with Gasteiger partial charge in [0.05, 0.1) is 18.8 Å². The number of rotatable bonds is 34. The van der Waals surface area contributed by atoms with Crippen molar-refractivity contribution in [2.75, 3.05) is 6.61 Å². The van der Waals surface area contributed by atoms with Gasteiger partial charge in [0.25, 0.3) is 0 Å². The summed E-state index contributed by atoms with van der Waals surface area (Å²) in [5.74, 6) is -0.0328. The molecule has 1 amide bonds. The molecule has 0 radical (unpaired) electrons. The van der Waals surface area contributed by atoms with Gasteiger partial charge in [0.15, 0.2) is 0 Å². The van der Waals surface area contributed by atoms with E-state index >= 15 is 0 Å². The van der Waals surface area contributed by atoms with Crippen LogP contribution in [-0.4, -0.2) is 34.9 Å². The third kappa shape index (κ3) is 30.6. The Balaban J connectivity index is 3.37. The first-order valence-electron chi connectivity index (χ1n) is 18.7. The number of carbonyl (C=O) groups excluding carboxylic acids is 1. The van der Waals surface area contributed by atoms with E-state index < -0.39 is 12.1 Å². The normalized spacial score (nSPS) is 13.0. The highest BCUT2D eigenvalue weighted by Gasteiger charge is 2.19. The van der Waals surface area contributed by atoms with Crippen molar-refractivity contribution in [3.05, 3.63) is 0 Å². The Morgan fingerprint density at radius 1 is 0.488 bits per heavy atom. The van der Waals surface area contributed by atoms with Gasteiger partial charge in [0.1, 0.15) is 0 Å². The monoisotopic (exact) mass is 582 g/mol. The van der Waals surface area contributed by atoms with E-state index in [2.05, 4.69) is 19.2 Å². The average Bonchev–Trinajstić information content (AvgIpc) is 2.97. The summed E-state index contributed by atoms with van der Waals surface area (Å²) in [6, 6.07) is -0.525. The number of hydrogen-bond acceptors (Lipinski definition) is 3. The van der Waals surface area contributed by atoms with Gasteiger partial charge in [-0.2, -0.15) is 0 Å². The molecule has 0 fully saturated rings. The first kappa shape index (κ1) is 40.4. The predicted molar refractivity (Wildman–Crippen MR) is 179 cm³/mol. The lowest BCUT2D eigenvalue weighted by molar-refractivity contribution is -0.123. The Morgan fingerprint density at radius 3 is 1.10 bits per heavy atom. The molecule has 0 aromatic rings. The molecule has 0 spiro atoms. The molecule has 4 heteroatoms. The minimum absolute atomic E-state index is 0.0328. The highest BCUT2D eigenvalue weighted by atomic mass is 16.3. The van der Waals surface area contributed by atoms with Crippen LogP contribution in [0.5, 0.6) is 0 Å². The van der Waals surface area contributed by atoms with Crippen LogP contribution in [0.3, 0.4) is 0 Å². The van der Waals surface area contributed by atoms with Gasteiger partial charge in [-0.05, 0) is 12.8 Å². The molecule has 0 aliphatic carbocycles. The molecule has 0 aromatic carbocycles. The summed E-state index contributed by atoms with van der Waals surface area (Å²) < 4.78 is 0. The van der Waals surface area contributed by atoms with Gasteiger partial charge in [0.2, 0.25) is 5.91 Å². The number of aliphatic hydroxyl groups excluding tert-OH is 2. The van der Waals surface area contributed by atoms with Crippen molar-refractivity contribution >= 4 is 5.91 Å². The van der Waals surface area contributed by atoms with Crippen molar-refractivity contribution in [3.8, 4) is 0 Å². The van der Waals surface area contributed by atoms with Gasteiger partial charge < -0.3 is 15.5 Å². The summed E-state index contributed by atoms with van der Waals surface area (Å²) in [7, 11) is 0. The highest BCUT2D eigenvalue weighted by Crippen LogP contribution is 2.16. The molecule has 0 aliphatic heterocycles. The number of unbranched alkanes of at least 4 members (excludes halogenated alkanes) is 27.